The Kier molecular flexibility index (Phi) is 4.53. The highest BCUT2D eigenvalue weighted by molar-refractivity contribution is 5.86. The van der Waals surface area contributed by atoms with Crippen LogP contribution in [0.25, 0.3) is 17.1 Å². The van der Waals surface area contributed by atoms with Crippen molar-refractivity contribution < 1.29 is 0 Å². The summed E-state index contributed by atoms with van der Waals surface area (Å²) < 4.78 is 1.74. The first-order valence-electron chi connectivity index (χ1n) is 8.85. The second kappa shape index (κ2) is 7.13. The molecule has 1 aliphatic heterocycles. The molecule has 7 heteroatoms. The van der Waals surface area contributed by atoms with Gasteiger partial charge in [0.25, 0.3) is 0 Å². The van der Waals surface area contributed by atoms with Crippen molar-refractivity contribution in [3.63, 3.8) is 0 Å². The Morgan fingerprint density at radius 1 is 1.08 bits per heavy atom. The highest BCUT2D eigenvalue weighted by atomic mass is 15.3. The van der Waals surface area contributed by atoms with Gasteiger partial charge in [0.1, 0.15) is 5.82 Å². The smallest absolute Gasteiger partial charge is 0.229 e. The minimum absolute atomic E-state index is 0.492. The molecular formula is C19H23N7. The third kappa shape index (κ3) is 3.39. The number of rotatable bonds is 4. The van der Waals surface area contributed by atoms with Crippen LogP contribution in [0.3, 0.4) is 0 Å². The standard InChI is InChI=1S/C19H23N7/c1-24-18-16(14-21-24)17(20)22-19(23-18)26-12-10-25(11-13-26)9-5-8-15-6-3-2-4-7-15/h2-8,14H,9-13H2,1H3,(H2,20,22,23)/b8-5+. The van der Waals surface area contributed by atoms with Gasteiger partial charge in [0.2, 0.25) is 5.95 Å². The molecule has 0 unspecified atom stereocenters. The second-order valence-corrected chi connectivity index (χ2v) is 6.52. The zero-order valence-electron chi connectivity index (χ0n) is 14.9. The van der Waals surface area contributed by atoms with Crippen molar-refractivity contribution in [3.8, 4) is 0 Å². The van der Waals surface area contributed by atoms with Gasteiger partial charge in [-0.3, -0.25) is 9.58 Å². The highest BCUT2D eigenvalue weighted by Crippen LogP contribution is 2.21. The summed E-state index contributed by atoms with van der Waals surface area (Å²) in [6.45, 7) is 4.69. The number of nitrogen functional groups attached to an aromatic ring is 1. The van der Waals surface area contributed by atoms with Crippen molar-refractivity contribution in [2.45, 2.75) is 0 Å². The summed E-state index contributed by atoms with van der Waals surface area (Å²) in [7, 11) is 1.87. The first-order chi connectivity index (χ1) is 12.7. The number of nitrogens with zero attached hydrogens (tertiary/aromatic N) is 6. The van der Waals surface area contributed by atoms with E-state index in [0.29, 0.717) is 11.8 Å². The molecule has 7 nitrogen and oxygen atoms in total. The highest BCUT2D eigenvalue weighted by Gasteiger charge is 2.20. The topological polar surface area (TPSA) is 76.1 Å². The second-order valence-electron chi connectivity index (χ2n) is 6.52. The molecule has 26 heavy (non-hydrogen) atoms. The maximum absolute atomic E-state index is 6.07. The quantitative estimate of drug-likeness (QED) is 0.774. The van der Waals surface area contributed by atoms with Crippen molar-refractivity contribution in [1.82, 2.24) is 24.6 Å². The van der Waals surface area contributed by atoms with Gasteiger partial charge in [-0.15, -0.1) is 0 Å². The monoisotopic (exact) mass is 349 g/mol. The van der Waals surface area contributed by atoms with E-state index >= 15 is 0 Å². The van der Waals surface area contributed by atoms with Crippen LogP contribution in [0.5, 0.6) is 0 Å². The molecule has 3 aromatic rings. The lowest BCUT2D eigenvalue weighted by molar-refractivity contribution is 0.283. The fourth-order valence-electron chi connectivity index (χ4n) is 3.21. The van der Waals surface area contributed by atoms with E-state index in [2.05, 4.69) is 61.3 Å². The number of hydrogen-bond acceptors (Lipinski definition) is 6. The average molecular weight is 349 g/mol. The van der Waals surface area contributed by atoms with E-state index in [4.69, 9.17) is 5.73 Å². The molecule has 0 atom stereocenters. The number of fused-ring (bicyclic) bond motifs is 1. The van der Waals surface area contributed by atoms with Crippen molar-refractivity contribution in [2.75, 3.05) is 43.4 Å². The zero-order valence-corrected chi connectivity index (χ0v) is 14.9. The van der Waals surface area contributed by atoms with Gasteiger partial charge in [-0.1, -0.05) is 42.5 Å². The molecule has 3 heterocycles. The van der Waals surface area contributed by atoms with Gasteiger partial charge in [-0.05, 0) is 5.56 Å². The summed E-state index contributed by atoms with van der Waals surface area (Å²) in [5.74, 6) is 1.18. The van der Waals surface area contributed by atoms with E-state index in [1.807, 2.05) is 13.1 Å². The lowest BCUT2D eigenvalue weighted by Crippen LogP contribution is -2.47. The van der Waals surface area contributed by atoms with Gasteiger partial charge < -0.3 is 10.6 Å². The van der Waals surface area contributed by atoms with Gasteiger partial charge >= 0.3 is 0 Å². The number of anilines is 2. The molecule has 1 aromatic carbocycles. The van der Waals surface area contributed by atoms with Gasteiger partial charge in [-0.25, -0.2) is 0 Å². The third-order valence-electron chi connectivity index (χ3n) is 4.74. The Bertz CT molecular complexity index is 908. The largest absolute Gasteiger partial charge is 0.383 e. The summed E-state index contributed by atoms with van der Waals surface area (Å²) in [4.78, 5) is 13.7. The molecule has 0 aliphatic carbocycles. The van der Waals surface area contributed by atoms with Gasteiger partial charge in [0.15, 0.2) is 5.65 Å². The van der Waals surface area contributed by atoms with E-state index < -0.39 is 0 Å². The van der Waals surface area contributed by atoms with E-state index in [9.17, 15) is 0 Å². The molecule has 0 amide bonds. The van der Waals surface area contributed by atoms with Crippen LogP contribution in [0.15, 0.2) is 42.6 Å². The molecule has 0 saturated carbocycles. The number of aromatic nitrogens is 4. The molecule has 0 spiro atoms. The van der Waals surface area contributed by atoms with Crippen LogP contribution in [0.4, 0.5) is 11.8 Å². The third-order valence-corrected chi connectivity index (χ3v) is 4.74. The number of piperazine rings is 1. The SMILES string of the molecule is Cn1ncc2c(N)nc(N3CCN(C/C=C/c4ccccc4)CC3)nc21. The fourth-order valence-corrected chi connectivity index (χ4v) is 3.21. The molecule has 2 aromatic heterocycles. The Hall–Kier alpha value is -2.93. The van der Waals surface area contributed by atoms with Gasteiger partial charge in [-0.2, -0.15) is 15.1 Å². The molecule has 1 fully saturated rings. The van der Waals surface area contributed by atoms with Crippen LogP contribution in [-0.2, 0) is 7.05 Å². The predicted molar refractivity (Wildman–Crippen MR) is 105 cm³/mol. The van der Waals surface area contributed by atoms with E-state index in [1.165, 1.54) is 5.56 Å². The van der Waals surface area contributed by atoms with Crippen molar-refractivity contribution >= 4 is 28.9 Å². The predicted octanol–water partition coefficient (Wildman–Crippen LogP) is 1.78. The lowest BCUT2D eigenvalue weighted by atomic mass is 10.2. The van der Waals surface area contributed by atoms with E-state index in [0.717, 1.165) is 43.8 Å². The minimum atomic E-state index is 0.492. The first-order valence-corrected chi connectivity index (χ1v) is 8.85. The number of aryl methyl sites for hydroxylation is 1. The van der Waals surface area contributed by atoms with Crippen LogP contribution < -0.4 is 10.6 Å². The molecular weight excluding hydrogens is 326 g/mol. The van der Waals surface area contributed by atoms with E-state index in [-0.39, 0.29) is 0 Å². The van der Waals surface area contributed by atoms with Gasteiger partial charge in [0.05, 0.1) is 11.6 Å². The Balaban J connectivity index is 1.38. The van der Waals surface area contributed by atoms with Crippen LogP contribution in [-0.4, -0.2) is 57.4 Å². The Morgan fingerprint density at radius 2 is 1.85 bits per heavy atom. The Labute approximate surface area is 152 Å². The summed E-state index contributed by atoms with van der Waals surface area (Å²) in [5.41, 5.74) is 8.09. The van der Waals surface area contributed by atoms with Crippen LogP contribution >= 0.6 is 0 Å². The molecule has 0 radical (unpaired) electrons. The minimum Gasteiger partial charge on any atom is -0.383 e. The van der Waals surface area contributed by atoms with Crippen LogP contribution in [0, 0.1) is 0 Å². The first kappa shape index (κ1) is 16.5. The van der Waals surface area contributed by atoms with Crippen molar-refractivity contribution in [3.05, 3.63) is 48.2 Å². The molecule has 2 N–H and O–H groups in total. The van der Waals surface area contributed by atoms with Gasteiger partial charge in [0, 0.05) is 39.8 Å². The summed E-state index contributed by atoms with van der Waals surface area (Å²) in [6.07, 6.45) is 6.11. The number of nitrogens with two attached hydrogens (primary N) is 1. The molecule has 1 aliphatic rings. The number of hydrogen-bond donors (Lipinski definition) is 1. The average Bonchev–Trinajstić information content (AvgIpc) is 3.05. The summed E-state index contributed by atoms with van der Waals surface area (Å²) >= 11 is 0. The maximum Gasteiger partial charge on any atom is 0.229 e. The molecule has 4 rings (SSSR count). The molecule has 134 valence electrons. The number of benzene rings is 1. The maximum atomic E-state index is 6.07. The Morgan fingerprint density at radius 3 is 2.62 bits per heavy atom. The van der Waals surface area contributed by atoms with Crippen molar-refractivity contribution in [2.24, 2.45) is 7.05 Å². The van der Waals surface area contributed by atoms with Crippen LogP contribution in [0.1, 0.15) is 5.56 Å². The normalized spacial score (nSPS) is 16.0. The lowest BCUT2D eigenvalue weighted by Gasteiger charge is -2.34. The summed E-state index contributed by atoms with van der Waals surface area (Å²) in [6, 6.07) is 10.4. The summed E-state index contributed by atoms with van der Waals surface area (Å²) in [5, 5.41) is 5.02. The molecule has 1 saturated heterocycles. The van der Waals surface area contributed by atoms with Crippen molar-refractivity contribution in [1.29, 1.82) is 0 Å². The fraction of sp³-hybridized carbons (Fsp3) is 0.316. The van der Waals surface area contributed by atoms with Crippen LogP contribution in [0.2, 0.25) is 0 Å². The zero-order chi connectivity index (χ0) is 17.9. The molecule has 0 bridgehead atoms. The van der Waals surface area contributed by atoms with E-state index in [1.54, 1.807) is 10.9 Å².